The lowest BCUT2D eigenvalue weighted by Crippen LogP contribution is -2.42. The SMILES string of the molecule is C[C@H](NC(=O)[C@@H]1CCC[C@H](c2ccccc2)C1)C(=O)CCc1ccc(C#N)s1. The molecule has 0 saturated heterocycles. The van der Waals surface area contributed by atoms with Crippen molar-refractivity contribution in [3.05, 3.63) is 57.8 Å². The van der Waals surface area contributed by atoms with Gasteiger partial charge in [-0.3, -0.25) is 9.59 Å². The van der Waals surface area contributed by atoms with Crippen LogP contribution in [0.4, 0.5) is 0 Å². The molecular weight excluding hydrogens is 368 g/mol. The molecule has 0 bridgehead atoms. The van der Waals surface area contributed by atoms with Gasteiger partial charge in [0.15, 0.2) is 5.78 Å². The fraction of sp³-hybridized carbons (Fsp3) is 0.435. The van der Waals surface area contributed by atoms with Gasteiger partial charge in [0.1, 0.15) is 10.9 Å². The molecule has 1 N–H and O–H groups in total. The lowest BCUT2D eigenvalue weighted by atomic mass is 9.77. The largest absolute Gasteiger partial charge is 0.346 e. The van der Waals surface area contributed by atoms with Crippen LogP contribution in [0.1, 0.15) is 60.3 Å². The van der Waals surface area contributed by atoms with Crippen molar-refractivity contribution in [2.24, 2.45) is 5.92 Å². The summed E-state index contributed by atoms with van der Waals surface area (Å²) in [7, 11) is 0. The summed E-state index contributed by atoms with van der Waals surface area (Å²) in [5, 5.41) is 11.8. The fourth-order valence-corrected chi connectivity index (χ4v) is 4.71. The molecule has 1 fully saturated rings. The second-order valence-electron chi connectivity index (χ2n) is 7.55. The third-order valence-corrected chi connectivity index (χ3v) is 6.60. The number of Topliss-reactive ketones (excluding diaryl/α,β-unsaturated/α-hetero) is 1. The zero-order valence-corrected chi connectivity index (χ0v) is 17.0. The maximum atomic E-state index is 12.7. The number of nitriles is 1. The molecule has 28 heavy (non-hydrogen) atoms. The predicted molar refractivity (Wildman–Crippen MR) is 111 cm³/mol. The van der Waals surface area contributed by atoms with Crippen LogP contribution in [0.25, 0.3) is 0 Å². The molecule has 0 aliphatic heterocycles. The average molecular weight is 395 g/mol. The van der Waals surface area contributed by atoms with Gasteiger partial charge in [-0.25, -0.2) is 0 Å². The van der Waals surface area contributed by atoms with E-state index in [0.29, 0.717) is 23.6 Å². The Morgan fingerprint density at radius 2 is 2.00 bits per heavy atom. The lowest BCUT2D eigenvalue weighted by Gasteiger charge is -2.29. The van der Waals surface area contributed by atoms with Gasteiger partial charge in [-0.05, 0) is 56.2 Å². The maximum absolute atomic E-state index is 12.7. The van der Waals surface area contributed by atoms with Gasteiger partial charge in [0, 0.05) is 17.2 Å². The van der Waals surface area contributed by atoms with Crippen molar-refractivity contribution in [2.45, 2.75) is 57.4 Å². The van der Waals surface area contributed by atoms with Crippen LogP contribution in [0, 0.1) is 17.2 Å². The molecule has 4 nitrogen and oxygen atoms in total. The molecule has 0 unspecified atom stereocenters. The summed E-state index contributed by atoms with van der Waals surface area (Å²) < 4.78 is 0. The Morgan fingerprint density at radius 3 is 2.71 bits per heavy atom. The normalized spacial score (nSPS) is 20.1. The number of carbonyl (C=O) groups is 2. The van der Waals surface area contributed by atoms with Crippen LogP contribution in [0.3, 0.4) is 0 Å². The smallest absolute Gasteiger partial charge is 0.223 e. The number of carbonyl (C=O) groups excluding carboxylic acids is 2. The van der Waals surface area contributed by atoms with Gasteiger partial charge >= 0.3 is 0 Å². The fourth-order valence-electron chi connectivity index (χ4n) is 3.90. The van der Waals surface area contributed by atoms with E-state index in [1.54, 1.807) is 13.0 Å². The Balaban J connectivity index is 1.48. The Kier molecular flexibility index (Phi) is 7.00. The van der Waals surface area contributed by atoms with Gasteiger partial charge in [-0.15, -0.1) is 11.3 Å². The van der Waals surface area contributed by atoms with E-state index in [0.717, 1.165) is 30.6 Å². The number of aryl methyl sites for hydroxylation is 1. The van der Waals surface area contributed by atoms with E-state index in [4.69, 9.17) is 5.26 Å². The summed E-state index contributed by atoms with van der Waals surface area (Å²) in [5.74, 6) is 0.439. The van der Waals surface area contributed by atoms with E-state index in [2.05, 4.69) is 23.5 Å². The van der Waals surface area contributed by atoms with Crippen molar-refractivity contribution in [3.63, 3.8) is 0 Å². The predicted octanol–water partition coefficient (Wildman–Crippen LogP) is 4.60. The third kappa shape index (κ3) is 5.30. The second kappa shape index (κ2) is 9.66. The van der Waals surface area contributed by atoms with Crippen molar-refractivity contribution in [1.82, 2.24) is 5.32 Å². The van der Waals surface area contributed by atoms with Gasteiger partial charge in [0.25, 0.3) is 0 Å². The second-order valence-corrected chi connectivity index (χ2v) is 8.71. The molecule has 3 rings (SSSR count). The molecule has 1 aliphatic carbocycles. The number of hydrogen-bond donors (Lipinski definition) is 1. The highest BCUT2D eigenvalue weighted by Crippen LogP contribution is 2.36. The van der Waals surface area contributed by atoms with Crippen molar-refractivity contribution in [2.75, 3.05) is 0 Å². The molecule has 3 atom stereocenters. The number of ketones is 1. The number of amides is 1. The molecule has 2 aromatic rings. The van der Waals surface area contributed by atoms with E-state index in [1.165, 1.54) is 16.9 Å². The molecule has 1 amide bonds. The average Bonchev–Trinajstić information content (AvgIpc) is 3.20. The van der Waals surface area contributed by atoms with Crippen molar-refractivity contribution in [3.8, 4) is 6.07 Å². The summed E-state index contributed by atoms with van der Waals surface area (Å²) in [6.07, 6.45) is 4.90. The Bertz CT molecular complexity index is 853. The van der Waals surface area contributed by atoms with E-state index in [1.807, 2.05) is 24.3 Å². The molecule has 5 heteroatoms. The summed E-state index contributed by atoms with van der Waals surface area (Å²) in [6.45, 7) is 1.77. The van der Waals surface area contributed by atoms with E-state index in [-0.39, 0.29) is 17.6 Å². The number of nitrogens with one attached hydrogen (secondary N) is 1. The first-order valence-electron chi connectivity index (χ1n) is 9.93. The zero-order chi connectivity index (χ0) is 19.9. The van der Waals surface area contributed by atoms with Crippen LogP contribution < -0.4 is 5.32 Å². The topological polar surface area (TPSA) is 70.0 Å². The van der Waals surface area contributed by atoms with Crippen LogP contribution >= 0.6 is 11.3 Å². The summed E-state index contributed by atoms with van der Waals surface area (Å²) in [5.41, 5.74) is 1.30. The minimum absolute atomic E-state index is 0.00405. The highest BCUT2D eigenvalue weighted by Gasteiger charge is 2.29. The Morgan fingerprint density at radius 1 is 1.21 bits per heavy atom. The van der Waals surface area contributed by atoms with Crippen LogP contribution in [-0.4, -0.2) is 17.7 Å². The first-order valence-corrected chi connectivity index (χ1v) is 10.8. The Hall–Kier alpha value is -2.45. The molecule has 0 spiro atoms. The lowest BCUT2D eigenvalue weighted by molar-refractivity contribution is -0.130. The minimum Gasteiger partial charge on any atom is -0.346 e. The quantitative estimate of drug-likeness (QED) is 0.746. The molecule has 1 aromatic heterocycles. The highest BCUT2D eigenvalue weighted by molar-refractivity contribution is 7.12. The van der Waals surface area contributed by atoms with Crippen molar-refractivity contribution in [1.29, 1.82) is 5.26 Å². The van der Waals surface area contributed by atoms with Crippen LogP contribution in [0.15, 0.2) is 42.5 Å². The molecule has 1 heterocycles. The maximum Gasteiger partial charge on any atom is 0.223 e. The van der Waals surface area contributed by atoms with Gasteiger partial charge in [0.2, 0.25) is 5.91 Å². The molecule has 1 aliphatic rings. The standard InChI is InChI=1S/C23H26N2O2S/c1-16(22(26)13-12-20-10-11-21(15-24)28-20)25-23(27)19-9-5-8-18(14-19)17-6-3-2-4-7-17/h2-4,6-7,10-11,16,18-19H,5,8-9,12-14H2,1H3,(H,25,27)/t16-,18-,19+/m0/s1. The van der Waals surface area contributed by atoms with E-state index < -0.39 is 6.04 Å². The molecule has 0 radical (unpaired) electrons. The number of nitrogens with zero attached hydrogens (tertiary/aromatic N) is 1. The number of thiophene rings is 1. The van der Waals surface area contributed by atoms with Crippen LogP contribution in [0.5, 0.6) is 0 Å². The number of rotatable bonds is 7. The first-order chi connectivity index (χ1) is 13.6. The first kappa shape index (κ1) is 20.3. The minimum atomic E-state index is -0.472. The summed E-state index contributed by atoms with van der Waals surface area (Å²) in [4.78, 5) is 26.8. The summed E-state index contributed by atoms with van der Waals surface area (Å²) >= 11 is 1.42. The van der Waals surface area contributed by atoms with Crippen LogP contribution in [0.2, 0.25) is 0 Å². The summed E-state index contributed by atoms with van der Waals surface area (Å²) in [6, 6.07) is 15.7. The third-order valence-electron chi connectivity index (χ3n) is 5.55. The van der Waals surface area contributed by atoms with E-state index in [9.17, 15) is 9.59 Å². The number of hydrogen-bond acceptors (Lipinski definition) is 4. The monoisotopic (exact) mass is 394 g/mol. The molecule has 1 saturated carbocycles. The van der Waals surface area contributed by atoms with Gasteiger partial charge in [0.05, 0.1) is 6.04 Å². The zero-order valence-electron chi connectivity index (χ0n) is 16.2. The van der Waals surface area contributed by atoms with E-state index >= 15 is 0 Å². The molecule has 146 valence electrons. The molecule has 1 aromatic carbocycles. The Labute approximate surface area is 170 Å². The van der Waals surface area contributed by atoms with Gasteiger partial charge in [-0.2, -0.15) is 5.26 Å². The number of benzene rings is 1. The van der Waals surface area contributed by atoms with Crippen LogP contribution in [-0.2, 0) is 16.0 Å². The molecular formula is C23H26N2O2S. The highest BCUT2D eigenvalue weighted by atomic mass is 32.1. The van der Waals surface area contributed by atoms with Gasteiger partial charge in [-0.1, -0.05) is 36.8 Å². The van der Waals surface area contributed by atoms with Crippen molar-refractivity contribution >= 4 is 23.0 Å². The van der Waals surface area contributed by atoms with Gasteiger partial charge < -0.3 is 5.32 Å². The van der Waals surface area contributed by atoms with Crippen molar-refractivity contribution < 1.29 is 9.59 Å².